The van der Waals surface area contributed by atoms with Crippen molar-refractivity contribution >= 4 is 43.1 Å². The van der Waals surface area contributed by atoms with Gasteiger partial charge in [-0.1, -0.05) is 176 Å². The second-order valence-corrected chi connectivity index (χ2v) is 12.7. The van der Waals surface area contributed by atoms with E-state index in [0.29, 0.717) is 28.3 Å². The molecule has 10 aromatic rings. The third kappa shape index (κ3) is 5.10. The van der Waals surface area contributed by atoms with Crippen molar-refractivity contribution in [2.24, 2.45) is 0 Å². The van der Waals surface area contributed by atoms with Crippen LogP contribution in [0.1, 0.15) is 8.22 Å². The lowest BCUT2D eigenvalue weighted by molar-refractivity contribution is 1.08. The zero-order chi connectivity index (χ0) is 39.7. The number of hydrogen-bond donors (Lipinski definition) is 0. The lowest BCUT2D eigenvalue weighted by atomic mass is 9.87. The molecule has 0 amide bonds. The molecule has 3 nitrogen and oxygen atoms in total. The fraction of sp³-hybridized carbons (Fsp3) is 0. The largest absolute Gasteiger partial charge is 0.208 e. The topological polar surface area (TPSA) is 38.7 Å². The van der Waals surface area contributed by atoms with Crippen molar-refractivity contribution in [1.82, 2.24) is 15.0 Å². The van der Waals surface area contributed by atoms with Crippen molar-refractivity contribution in [3.05, 3.63) is 188 Å². The predicted octanol–water partition coefficient (Wildman–Crippen LogP) is 12.8. The third-order valence-electron chi connectivity index (χ3n) is 9.66. The molecule has 0 aliphatic rings. The van der Waals surface area contributed by atoms with E-state index in [0.717, 1.165) is 43.4 Å². The monoisotopic (exact) mass is 667 g/mol. The van der Waals surface area contributed by atoms with Crippen molar-refractivity contribution in [1.29, 1.82) is 0 Å². The van der Waals surface area contributed by atoms with Gasteiger partial charge in [-0.05, 0) is 77.5 Å². The van der Waals surface area contributed by atoms with Crippen LogP contribution in [-0.2, 0) is 0 Å². The van der Waals surface area contributed by atoms with Crippen molar-refractivity contribution in [2.75, 3.05) is 0 Å². The van der Waals surface area contributed by atoms with Gasteiger partial charge in [-0.3, -0.25) is 0 Å². The molecule has 1 aromatic heterocycles. The van der Waals surface area contributed by atoms with E-state index in [1.54, 1.807) is 0 Å². The number of fused-ring (bicyclic) bond motifs is 5. The van der Waals surface area contributed by atoms with Gasteiger partial charge in [-0.15, -0.1) is 0 Å². The zero-order valence-electron chi connectivity index (χ0n) is 33.8. The minimum Gasteiger partial charge on any atom is -0.208 e. The van der Waals surface area contributed by atoms with E-state index in [1.165, 1.54) is 0 Å². The van der Waals surface area contributed by atoms with Crippen LogP contribution in [0.4, 0.5) is 0 Å². The smallest absolute Gasteiger partial charge is 0.164 e. The first-order valence-corrected chi connectivity index (χ1v) is 17.1. The summed E-state index contributed by atoms with van der Waals surface area (Å²) < 4.78 is 56.2. The highest BCUT2D eigenvalue weighted by atomic mass is 15.0. The molecule has 52 heavy (non-hydrogen) atoms. The zero-order valence-corrected chi connectivity index (χ0v) is 27.8. The fourth-order valence-electron chi connectivity index (χ4n) is 7.16. The maximum atomic E-state index is 9.84. The Hall–Kier alpha value is -6.97. The maximum Gasteiger partial charge on any atom is 0.164 e. The van der Waals surface area contributed by atoms with Gasteiger partial charge in [0, 0.05) is 16.7 Å². The molecule has 0 bridgehead atoms. The molecule has 0 saturated carbocycles. The Morgan fingerprint density at radius 1 is 0.327 bits per heavy atom. The molecule has 0 saturated heterocycles. The molecule has 0 spiro atoms. The van der Waals surface area contributed by atoms with Crippen molar-refractivity contribution < 1.29 is 8.22 Å². The first-order valence-electron chi connectivity index (χ1n) is 20.1. The normalized spacial score (nSPS) is 13.1. The van der Waals surface area contributed by atoms with Gasteiger partial charge in [0.1, 0.15) is 0 Å². The molecule has 0 fully saturated rings. The SMILES string of the molecule is [2H]c1c([2H])c([2H])c2c(-c3c4ccccc4cc4c3ccc3ccccc34)c([2H])c([2H])c(-c3nc(-c4ccccc4)nc(-c4ccc(-c5ccccc5)cc4)n3)c2c1[2H]. The number of aromatic nitrogens is 3. The lowest BCUT2D eigenvalue weighted by Gasteiger charge is -2.17. The Bertz CT molecular complexity index is 3280. The third-order valence-corrected chi connectivity index (χ3v) is 9.66. The van der Waals surface area contributed by atoms with Crippen LogP contribution in [0.25, 0.3) is 99.5 Å². The summed E-state index contributed by atoms with van der Waals surface area (Å²) in [4.78, 5) is 14.7. The van der Waals surface area contributed by atoms with Gasteiger partial charge < -0.3 is 0 Å². The molecule has 10 rings (SSSR count). The Labute approximate surface area is 310 Å². The van der Waals surface area contributed by atoms with Crippen molar-refractivity contribution in [3.63, 3.8) is 0 Å². The second-order valence-electron chi connectivity index (χ2n) is 12.7. The van der Waals surface area contributed by atoms with Crippen LogP contribution in [-0.4, -0.2) is 15.0 Å². The Morgan fingerprint density at radius 2 is 0.846 bits per heavy atom. The van der Waals surface area contributed by atoms with Gasteiger partial charge >= 0.3 is 0 Å². The molecular formula is C49H31N3. The van der Waals surface area contributed by atoms with Crippen LogP contribution in [0, 0.1) is 0 Å². The van der Waals surface area contributed by atoms with Gasteiger partial charge in [0.15, 0.2) is 17.5 Å². The van der Waals surface area contributed by atoms with Gasteiger partial charge in [-0.2, -0.15) is 0 Å². The Morgan fingerprint density at radius 3 is 1.58 bits per heavy atom. The van der Waals surface area contributed by atoms with Crippen LogP contribution in [0.3, 0.4) is 0 Å². The summed E-state index contributed by atoms with van der Waals surface area (Å²) in [7, 11) is 0. The molecule has 9 aromatic carbocycles. The summed E-state index contributed by atoms with van der Waals surface area (Å²) in [5.74, 6) is 0.674. The number of nitrogens with zero attached hydrogens (tertiary/aromatic N) is 3. The van der Waals surface area contributed by atoms with Crippen LogP contribution in [0.5, 0.6) is 0 Å². The fourth-order valence-corrected chi connectivity index (χ4v) is 7.16. The van der Waals surface area contributed by atoms with Gasteiger partial charge in [0.05, 0.1) is 8.22 Å². The highest BCUT2D eigenvalue weighted by Gasteiger charge is 2.19. The Balaban J connectivity index is 1.31. The minimum atomic E-state index is -0.454. The minimum absolute atomic E-state index is 0.0323. The number of hydrogen-bond acceptors (Lipinski definition) is 3. The molecule has 0 aliphatic carbocycles. The highest BCUT2D eigenvalue weighted by Crippen LogP contribution is 2.43. The summed E-state index contributed by atoms with van der Waals surface area (Å²) in [6, 6.07) is 47.3. The Kier molecular flexibility index (Phi) is 5.78. The summed E-state index contributed by atoms with van der Waals surface area (Å²) in [6.45, 7) is 0. The average molecular weight is 668 g/mol. The summed E-state index contributed by atoms with van der Waals surface area (Å²) in [6.07, 6.45) is 0. The second kappa shape index (κ2) is 12.4. The molecule has 0 unspecified atom stereocenters. The van der Waals surface area contributed by atoms with Gasteiger partial charge in [0.2, 0.25) is 0 Å². The summed E-state index contributed by atoms with van der Waals surface area (Å²) >= 11 is 0. The van der Waals surface area contributed by atoms with E-state index in [9.17, 15) is 5.48 Å². The highest BCUT2D eigenvalue weighted by molar-refractivity contribution is 6.22. The molecule has 242 valence electrons. The van der Waals surface area contributed by atoms with Crippen molar-refractivity contribution in [2.45, 2.75) is 0 Å². The molecule has 0 aliphatic heterocycles. The molecule has 0 radical (unpaired) electrons. The van der Waals surface area contributed by atoms with Gasteiger partial charge in [-0.25, -0.2) is 15.0 Å². The van der Waals surface area contributed by atoms with Gasteiger partial charge in [0.25, 0.3) is 0 Å². The molecule has 0 atom stereocenters. The average Bonchev–Trinajstić information content (AvgIpc) is 3.28. The summed E-state index contributed by atoms with van der Waals surface area (Å²) in [5, 5.41) is 5.69. The van der Waals surface area contributed by atoms with Crippen LogP contribution in [0.15, 0.2) is 188 Å². The van der Waals surface area contributed by atoms with E-state index >= 15 is 0 Å². The first-order chi connectivity index (χ1) is 28.3. The number of rotatable bonds is 5. The van der Waals surface area contributed by atoms with E-state index in [1.807, 2.05) is 140 Å². The van der Waals surface area contributed by atoms with E-state index in [4.69, 9.17) is 17.7 Å². The van der Waals surface area contributed by atoms with E-state index in [2.05, 4.69) is 12.1 Å². The van der Waals surface area contributed by atoms with E-state index in [-0.39, 0.29) is 51.9 Å². The standard InChI is InChI=1S/C49H31N3/c1-3-13-32(14-4-1)33-23-25-36(26-24-33)48-50-47(35-16-5-2-6-17-35)51-49(52-48)44-30-29-42(40-21-11-12-22-41(40)44)46-39-20-10-8-18-37(39)31-45-38-19-9-7-15-34(38)27-28-43(45)46/h1-31H/i11D,12D,21D,22D,29D,30D. The molecule has 3 heteroatoms. The first kappa shape index (κ1) is 24.2. The van der Waals surface area contributed by atoms with Crippen LogP contribution in [0.2, 0.25) is 0 Å². The van der Waals surface area contributed by atoms with Crippen LogP contribution >= 0.6 is 0 Å². The van der Waals surface area contributed by atoms with Crippen molar-refractivity contribution in [3.8, 4) is 56.4 Å². The molecular weight excluding hydrogens is 631 g/mol. The lowest BCUT2D eigenvalue weighted by Crippen LogP contribution is -2.01. The maximum absolute atomic E-state index is 9.84. The number of benzene rings is 9. The predicted molar refractivity (Wildman–Crippen MR) is 217 cm³/mol. The van der Waals surface area contributed by atoms with E-state index < -0.39 is 12.1 Å². The quantitative estimate of drug-likeness (QED) is 0.135. The molecule has 0 N–H and O–H groups in total. The summed E-state index contributed by atoms with van der Waals surface area (Å²) in [5.41, 5.74) is 4.37. The van der Waals surface area contributed by atoms with Crippen LogP contribution < -0.4 is 0 Å². The molecule has 1 heterocycles.